The van der Waals surface area contributed by atoms with Crippen molar-refractivity contribution >= 4 is 5.84 Å². The summed E-state index contributed by atoms with van der Waals surface area (Å²) in [5, 5.41) is 0. The van der Waals surface area contributed by atoms with E-state index in [2.05, 4.69) is 37.6 Å². The van der Waals surface area contributed by atoms with Gasteiger partial charge in [0.1, 0.15) is 0 Å². The molecule has 0 aromatic rings. The van der Waals surface area contributed by atoms with Gasteiger partial charge in [-0.2, -0.15) is 0 Å². The van der Waals surface area contributed by atoms with E-state index in [-0.39, 0.29) is 0 Å². The van der Waals surface area contributed by atoms with E-state index in [1.807, 2.05) is 7.05 Å². The Morgan fingerprint density at radius 3 is 2.28 bits per heavy atom. The van der Waals surface area contributed by atoms with Crippen LogP contribution in [0.5, 0.6) is 0 Å². The largest absolute Gasteiger partial charge is 0.358 e. The average Bonchev–Trinajstić information content (AvgIpc) is 2.97. The Morgan fingerprint density at radius 2 is 1.64 bits per heavy atom. The highest BCUT2D eigenvalue weighted by Crippen LogP contribution is 2.36. The molecule has 0 bridgehead atoms. The van der Waals surface area contributed by atoms with Crippen LogP contribution in [0.25, 0.3) is 0 Å². The van der Waals surface area contributed by atoms with E-state index in [1.165, 1.54) is 89.4 Å². The molecule has 1 saturated carbocycles. The van der Waals surface area contributed by atoms with Gasteiger partial charge >= 0.3 is 0 Å². The van der Waals surface area contributed by atoms with E-state index in [0.29, 0.717) is 11.5 Å². The highest BCUT2D eigenvalue weighted by Gasteiger charge is 2.31. The highest BCUT2D eigenvalue weighted by atomic mass is 15.2. The van der Waals surface area contributed by atoms with E-state index in [9.17, 15) is 0 Å². The van der Waals surface area contributed by atoms with Crippen molar-refractivity contribution in [3.63, 3.8) is 0 Å². The second-order valence-electron chi connectivity index (χ2n) is 9.92. The molecule has 2 rings (SSSR count). The normalized spacial score (nSPS) is 31.1. The van der Waals surface area contributed by atoms with Gasteiger partial charge in [0, 0.05) is 26.1 Å². The monoisotopic (exact) mass is 348 g/mol. The molecule has 1 aliphatic heterocycles. The summed E-state index contributed by atoms with van der Waals surface area (Å²) in [7, 11) is 1.98. The Labute approximate surface area is 157 Å². The van der Waals surface area contributed by atoms with Crippen molar-refractivity contribution in [2.75, 3.05) is 13.6 Å². The van der Waals surface area contributed by atoms with Gasteiger partial charge < -0.3 is 4.90 Å². The summed E-state index contributed by atoms with van der Waals surface area (Å²) in [6, 6.07) is 0.596. The quantitative estimate of drug-likeness (QED) is 0.554. The van der Waals surface area contributed by atoms with Gasteiger partial charge in [0.15, 0.2) is 0 Å². The zero-order valence-electron chi connectivity index (χ0n) is 17.8. The van der Waals surface area contributed by atoms with E-state index in [4.69, 9.17) is 0 Å². The van der Waals surface area contributed by atoms with Crippen LogP contribution >= 0.6 is 0 Å². The van der Waals surface area contributed by atoms with Crippen LogP contribution in [-0.2, 0) is 0 Å². The molecule has 1 heterocycles. The molecule has 146 valence electrons. The Hall–Kier alpha value is -0.530. The standard InChI is InChI=1S/C23H44N2/c1-19(2)25-18-21(17-22(25)24-5)16-20-12-10-8-6-7-9-11-14-23(3,4)15-13-20/h19-21H,6-18H2,1-5H3/b24-22+. The first-order chi connectivity index (χ1) is 11.9. The number of amidine groups is 1. The number of nitrogens with zero attached hydrogens (tertiary/aromatic N) is 2. The molecule has 0 radical (unpaired) electrons. The van der Waals surface area contributed by atoms with Crippen molar-refractivity contribution in [2.24, 2.45) is 22.2 Å². The molecule has 2 nitrogen and oxygen atoms in total. The first-order valence-corrected chi connectivity index (χ1v) is 11.1. The maximum absolute atomic E-state index is 4.58. The molecule has 2 atom stereocenters. The molecular weight excluding hydrogens is 304 g/mol. The van der Waals surface area contributed by atoms with Crippen LogP contribution in [-0.4, -0.2) is 30.4 Å². The van der Waals surface area contributed by atoms with Gasteiger partial charge in [-0.05, 0) is 56.8 Å². The molecule has 25 heavy (non-hydrogen) atoms. The number of aliphatic imine (C=N–C) groups is 1. The first kappa shape index (κ1) is 20.8. The second-order valence-corrected chi connectivity index (χ2v) is 9.92. The summed E-state index contributed by atoms with van der Waals surface area (Å²) in [6.07, 6.45) is 17.2. The molecule has 0 spiro atoms. The fraction of sp³-hybridized carbons (Fsp3) is 0.957. The van der Waals surface area contributed by atoms with Crippen LogP contribution in [0.4, 0.5) is 0 Å². The van der Waals surface area contributed by atoms with Gasteiger partial charge in [0.25, 0.3) is 0 Å². The van der Waals surface area contributed by atoms with Gasteiger partial charge in [-0.3, -0.25) is 4.99 Å². The fourth-order valence-electron chi connectivity index (χ4n) is 5.02. The highest BCUT2D eigenvalue weighted by molar-refractivity contribution is 5.84. The minimum Gasteiger partial charge on any atom is -0.358 e. The molecule has 0 amide bonds. The summed E-state index contributed by atoms with van der Waals surface area (Å²) in [5.41, 5.74) is 0.549. The third-order valence-electron chi connectivity index (χ3n) is 6.75. The molecule has 0 aromatic heterocycles. The zero-order valence-corrected chi connectivity index (χ0v) is 17.8. The van der Waals surface area contributed by atoms with Gasteiger partial charge in [0.2, 0.25) is 0 Å². The van der Waals surface area contributed by atoms with Crippen molar-refractivity contribution in [3.05, 3.63) is 0 Å². The average molecular weight is 349 g/mol. The number of hydrogen-bond donors (Lipinski definition) is 0. The van der Waals surface area contributed by atoms with E-state index in [0.717, 1.165) is 11.8 Å². The lowest BCUT2D eigenvalue weighted by Gasteiger charge is -2.29. The fourth-order valence-corrected chi connectivity index (χ4v) is 5.02. The van der Waals surface area contributed by atoms with Crippen LogP contribution < -0.4 is 0 Å². The number of rotatable bonds is 3. The van der Waals surface area contributed by atoms with E-state index >= 15 is 0 Å². The molecule has 1 saturated heterocycles. The van der Waals surface area contributed by atoms with E-state index in [1.54, 1.807) is 0 Å². The molecule has 2 unspecified atom stereocenters. The third-order valence-corrected chi connectivity index (χ3v) is 6.75. The first-order valence-electron chi connectivity index (χ1n) is 11.1. The van der Waals surface area contributed by atoms with Crippen LogP contribution in [0.1, 0.15) is 105 Å². The summed E-state index contributed by atoms with van der Waals surface area (Å²) < 4.78 is 0. The van der Waals surface area contributed by atoms with Crippen molar-refractivity contribution in [3.8, 4) is 0 Å². The maximum Gasteiger partial charge on any atom is 0.0991 e. The molecule has 1 aliphatic carbocycles. The second kappa shape index (κ2) is 9.97. The minimum atomic E-state index is 0.549. The van der Waals surface area contributed by atoms with Crippen LogP contribution in [0, 0.1) is 17.3 Å². The lowest BCUT2D eigenvalue weighted by atomic mass is 9.77. The number of hydrogen-bond acceptors (Lipinski definition) is 1. The van der Waals surface area contributed by atoms with Gasteiger partial charge in [-0.25, -0.2) is 0 Å². The summed E-state index contributed by atoms with van der Waals surface area (Å²) in [5.74, 6) is 3.13. The molecule has 0 aromatic carbocycles. The van der Waals surface area contributed by atoms with Crippen LogP contribution in [0.2, 0.25) is 0 Å². The SMILES string of the molecule is C/N=C1\CC(CC2CCCCCCCCC(C)(C)CC2)CN1C(C)C. The third kappa shape index (κ3) is 6.94. The Balaban J connectivity index is 1.92. The zero-order chi connectivity index (χ0) is 18.3. The predicted octanol–water partition coefficient (Wildman–Crippen LogP) is 6.69. The topological polar surface area (TPSA) is 15.6 Å². The Morgan fingerprint density at radius 1 is 0.960 bits per heavy atom. The van der Waals surface area contributed by atoms with Gasteiger partial charge in [0.05, 0.1) is 5.84 Å². The lowest BCUT2D eigenvalue weighted by Crippen LogP contribution is -2.32. The molecule has 2 fully saturated rings. The van der Waals surface area contributed by atoms with Crippen molar-refractivity contribution in [1.82, 2.24) is 4.90 Å². The van der Waals surface area contributed by atoms with Crippen molar-refractivity contribution < 1.29 is 0 Å². The van der Waals surface area contributed by atoms with Crippen molar-refractivity contribution in [2.45, 2.75) is 111 Å². The smallest absolute Gasteiger partial charge is 0.0991 e. The summed E-state index contributed by atoms with van der Waals surface area (Å²) >= 11 is 0. The summed E-state index contributed by atoms with van der Waals surface area (Å²) in [6.45, 7) is 10.9. The predicted molar refractivity (Wildman–Crippen MR) is 111 cm³/mol. The molecule has 2 heteroatoms. The van der Waals surface area contributed by atoms with Gasteiger partial charge in [-0.1, -0.05) is 58.8 Å². The van der Waals surface area contributed by atoms with Crippen LogP contribution in [0.3, 0.4) is 0 Å². The molecule has 2 aliphatic rings. The van der Waals surface area contributed by atoms with Gasteiger partial charge in [-0.15, -0.1) is 0 Å². The van der Waals surface area contributed by atoms with E-state index < -0.39 is 0 Å². The lowest BCUT2D eigenvalue weighted by molar-refractivity contribution is 0.228. The molecule has 0 N–H and O–H groups in total. The minimum absolute atomic E-state index is 0.549. The number of likely N-dealkylation sites (tertiary alicyclic amines) is 1. The Kier molecular flexibility index (Phi) is 8.29. The van der Waals surface area contributed by atoms with Crippen molar-refractivity contribution in [1.29, 1.82) is 0 Å². The maximum atomic E-state index is 4.58. The molecular formula is C23H44N2. The van der Waals surface area contributed by atoms with Crippen LogP contribution in [0.15, 0.2) is 4.99 Å². The Bertz CT molecular complexity index is 410. The summed E-state index contributed by atoms with van der Waals surface area (Å²) in [4.78, 5) is 7.13.